The van der Waals surface area contributed by atoms with Crippen LogP contribution in [-0.2, 0) is 6.42 Å². The first-order valence-electron chi connectivity index (χ1n) is 10.6. The number of fused-ring (bicyclic) bond motifs is 1. The summed E-state index contributed by atoms with van der Waals surface area (Å²) in [5, 5.41) is 2.96. The molecular weight excluding hydrogens is 438 g/mol. The lowest BCUT2D eigenvalue weighted by Crippen LogP contribution is -2.34. The number of carbonyl (C=O) groups excluding carboxylic acids is 1. The highest BCUT2D eigenvalue weighted by molar-refractivity contribution is 7.98. The maximum Gasteiger partial charge on any atom is 0.251 e. The van der Waals surface area contributed by atoms with Gasteiger partial charge in [0.2, 0.25) is 5.75 Å². The van der Waals surface area contributed by atoms with Gasteiger partial charge in [0.05, 0.1) is 27.9 Å². The Morgan fingerprint density at radius 3 is 2.24 bits per heavy atom. The number of thioether (sulfide) groups is 1. The van der Waals surface area contributed by atoms with Crippen LogP contribution in [-0.4, -0.2) is 46.1 Å². The maximum atomic E-state index is 12.8. The largest absolute Gasteiger partial charge is 0.493 e. The number of methoxy groups -OCH3 is 3. The summed E-state index contributed by atoms with van der Waals surface area (Å²) in [5.41, 5.74) is 3.91. The summed E-state index contributed by atoms with van der Waals surface area (Å²) in [4.78, 5) is 14.0. The fourth-order valence-electron chi connectivity index (χ4n) is 3.92. The number of benzene rings is 3. The highest BCUT2D eigenvalue weighted by Gasteiger charge is 2.24. The molecule has 1 aliphatic rings. The summed E-state index contributed by atoms with van der Waals surface area (Å²) < 4.78 is 22.1. The van der Waals surface area contributed by atoms with Crippen molar-refractivity contribution >= 4 is 17.7 Å². The smallest absolute Gasteiger partial charge is 0.251 e. The number of ether oxygens (including phenoxy) is 4. The molecule has 7 heteroatoms. The normalized spacial score (nSPS) is 14.2. The van der Waals surface area contributed by atoms with Crippen LogP contribution >= 0.6 is 11.8 Å². The van der Waals surface area contributed by atoms with Crippen molar-refractivity contribution in [3.8, 4) is 34.1 Å². The molecule has 0 radical (unpaired) electrons. The van der Waals surface area contributed by atoms with E-state index in [4.69, 9.17) is 18.9 Å². The van der Waals surface area contributed by atoms with Crippen molar-refractivity contribution in [2.75, 3.05) is 34.1 Å². The molecule has 1 amide bonds. The summed E-state index contributed by atoms with van der Waals surface area (Å²) in [5.74, 6) is 1.95. The second kappa shape index (κ2) is 10.1. The second-order valence-corrected chi connectivity index (χ2v) is 8.50. The Bertz CT molecular complexity index is 1120. The van der Waals surface area contributed by atoms with Crippen molar-refractivity contribution in [2.24, 2.45) is 0 Å². The predicted molar refractivity (Wildman–Crippen MR) is 130 cm³/mol. The molecule has 1 unspecified atom stereocenters. The molecule has 1 atom stereocenters. The van der Waals surface area contributed by atoms with E-state index in [0.717, 1.165) is 23.3 Å². The standard InChI is InChI=1S/C26H27NO5S/c1-29-23-13-19(14-24(30-2)25(23)31-3)26(28)27-15-20-12-18-11-17(7-10-22(18)32-20)16-5-8-21(33-4)9-6-16/h5-11,13-14,20H,12,15H2,1-4H3,(H,27,28). The average molecular weight is 466 g/mol. The predicted octanol–water partition coefficient (Wildman–Crippen LogP) is 4.83. The van der Waals surface area contributed by atoms with Gasteiger partial charge in [-0.2, -0.15) is 0 Å². The topological polar surface area (TPSA) is 66.0 Å². The van der Waals surface area contributed by atoms with Gasteiger partial charge in [-0.3, -0.25) is 4.79 Å². The first-order valence-corrected chi connectivity index (χ1v) is 11.8. The summed E-state index contributed by atoms with van der Waals surface area (Å²) in [6, 6.07) is 18.1. The highest BCUT2D eigenvalue weighted by atomic mass is 32.2. The van der Waals surface area contributed by atoms with E-state index in [-0.39, 0.29) is 12.0 Å². The zero-order valence-corrected chi connectivity index (χ0v) is 20.0. The SMILES string of the molecule is COc1cc(C(=O)NCC2Cc3cc(-c4ccc(SC)cc4)ccc3O2)cc(OC)c1OC. The van der Waals surface area contributed by atoms with Crippen LogP contribution in [0.3, 0.4) is 0 Å². The van der Waals surface area contributed by atoms with Gasteiger partial charge < -0.3 is 24.3 Å². The van der Waals surface area contributed by atoms with E-state index in [9.17, 15) is 4.79 Å². The van der Waals surface area contributed by atoms with Crippen LogP contribution in [0.1, 0.15) is 15.9 Å². The molecular formula is C26H27NO5S. The van der Waals surface area contributed by atoms with E-state index < -0.39 is 0 Å². The summed E-state index contributed by atoms with van der Waals surface area (Å²) in [7, 11) is 4.57. The molecule has 0 fully saturated rings. The van der Waals surface area contributed by atoms with Crippen molar-refractivity contribution in [2.45, 2.75) is 17.4 Å². The molecule has 3 aromatic rings. The molecule has 1 aliphatic heterocycles. The van der Waals surface area contributed by atoms with Crippen LogP contribution in [0.25, 0.3) is 11.1 Å². The fourth-order valence-corrected chi connectivity index (χ4v) is 4.33. The summed E-state index contributed by atoms with van der Waals surface area (Å²) in [6.07, 6.45) is 2.68. The molecule has 1 N–H and O–H groups in total. The zero-order chi connectivity index (χ0) is 23.4. The van der Waals surface area contributed by atoms with Gasteiger partial charge in [-0.05, 0) is 59.3 Å². The molecule has 6 nitrogen and oxygen atoms in total. The van der Waals surface area contributed by atoms with Gasteiger partial charge in [0.1, 0.15) is 11.9 Å². The number of amides is 1. The number of hydrogen-bond acceptors (Lipinski definition) is 6. The summed E-state index contributed by atoms with van der Waals surface area (Å²) >= 11 is 1.73. The Hall–Kier alpha value is -3.32. The first-order chi connectivity index (χ1) is 16.1. The number of hydrogen-bond donors (Lipinski definition) is 1. The number of nitrogens with one attached hydrogen (secondary N) is 1. The minimum absolute atomic E-state index is 0.125. The Morgan fingerprint density at radius 1 is 0.970 bits per heavy atom. The Labute approximate surface area is 198 Å². The van der Waals surface area contributed by atoms with Crippen LogP contribution in [0.5, 0.6) is 23.0 Å². The molecule has 0 aromatic heterocycles. The third-order valence-corrected chi connectivity index (χ3v) is 6.39. The van der Waals surface area contributed by atoms with Crippen LogP contribution in [0, 0.1) is 0 Å². The molecule has 0 aliphatic carbocycles. The monoisotopic (exact) mass is 465 g/mol. The number of carbonyl (C=O) groups is 1. The van der Waals surface area contributed by atoms with Crippen molar-refractivity contribution < 1.29 is 23.7 Å². The third kappa shape index (κ3) is 4.88. The number of rotatable bonds is 8. The van der Waals surface area contributed by atoms with Crippen LogP contribution < -0.4 is 24.3 Å². The van der Waals surface area contributed by atoms with Gasteiger partial charge in [-0.15, -0.1) is 11.8 Å². The zero-order valence-electron chi connectivity index (χ0n) is 19.1. The fraction of sp³-hybridized carbons (Fsp3) is 0.269. The lowest BCUT2D eigenvalue weighted by molar-refractivity contribution is 0.0932. The lowest BCUT2D eigenvalue weighted by atomic mass is 10.0. The van der Waals surface area contributed by atoms with Gasteiger partial charge in [0.25, 0.3) is 5.91 Å². The average Bonchev–Trinajstić information content (AvgIpc) is 3.28. The first kappa shape index (κ1) is 22.9. The van der Waals surface area contributed by atoms with Gasteiger partial charge in [-0.25, -0.2) is 0 Å². The van der Waals surface area contributed by atoms with E-state index in [1.165, 1.54) is 31.8 Å². The van der Waals surface area contributed by atoms with Gasteiger partial charge in [0.15, 0.2) is 11.5 Å². The maximum absolute atomic E-state index is 12.8. The van der Waals surface area contributed by atoms with Gasteiger partial charge in [0, 0.05) is 16.9 Å². The van der Waals surface area contributed by atoms with Gasteiger partial charge in [-0.1, -0.05) is 18.2 Å². The highest BCUT2D eigenvalue weighted by Crippen LogP contribution is 2.38. The molecule has 0 bridgehead atoms. The minimum atomic E-state index is -0.233. The van der Waals surface area contributed by atoms with E-state index in [1.807, 2.05) is 6.07 Å². The van der Waals surface area contributed by atoms with Crippen LogP contribution in [0.2, 0.25) is 0 Å². The van der Waals surface area contributed by atoms with Crippen LogP contribution in [0.15, 0.2) is 59.5 Å². The van der Waals surface area contributed by atoms with E-state index in [2.05, 4.69) is 48.0 Å². The van der Waals surface area contributed by atoms with Crippen molar-refractivity contribution in [3.63, 3.8) is 0 Å². The molecule has 3 aromatic carbocycles. The van der Waals surface area contributed by atoms with Crippen LogP contribution in [0.4, 0.5) is 0 Å². The quantitative estimate of drug-likeness (QED) is 0.481. The van der Waals surface area contributed by atoms with Crippen molar-refractivity contribution in [1.82, 2.24) is 5.32 Å². The molecule has 172 valence electrons. The Kier molecular flexibility index (Phi) is 6.99. The third-order valence-electron chi connectivity index (χ3n) is 5.64. The second-order valence-electron chi connectivity index (χ2n) is 7.62. The Balaban J connectivity index is 1.41. The van der Waals surface area contributed by atoms with E-state index in [0.29, 0.717) is 29.4 Å². The lowest BCUT2D eigenvalue weighted by Gasteiger charge is -2.15. The van der Waals surface area contributed by atoms with E-state index >= 15 is 0 Å². The molecule has 0 spiro atoms. The minimum Gasteiger partial charge on any atom is -0.493 e. The molecule has 0 saturated carbocycles. The molecule has 33 heavy (non-hydrogen) atoms. The molecule has 4 rings (SSSR count). The van der Waals surface area contributed by atoms with Crippen molar-refractivity contribution in [3.05, 3.63) is 65.7 Å². The Morgan fingerprint density at radius 2 is 1.64 bits per heavy atom. The molecule has 0 saturated heterocycles. The van der Waals surface area contributed by atoms with E-state index in [1.54, 1.807) is 23.9 Å². The van der Waals surface area contributed by atoms with Gasteiger partial charge >= 0.3 is 0 Å². The molecule has 1 heterocycles. The van der Waals surface area contributed by atoms with Crippen molar-refractivity contribution in [1.29, 1.82) is 0 Å². The summed E-state index contributed by atoms with van der Waals surface area (Å²) in [6.45, 7) is 0.391.